The van der Waals surface area contributed by atoms with Crippen LogP contribution in [-0.2, 0) is 39.4 Å². The van der Waals surface area contributed by atoms with Crippen LogP contribution in [-0.4, -0.2) is 75.1 Å². The Balaban J connectivity index is 0.000000366. The van der Waals surface area contributed by atoms with E-state index in [1.807, 2.05) is 43.1 Å². The van der Waals surface area contributed by atoms with E-state index in [-0.39, 0.29) is 5.41 Å². The maximum absolute atomic E-state index is 10.3. The molecule has 0 aliphatic heterocycles. The fourth-order valence-electron chi connectivity index (χ4n) is 4.01. The average Bonchev–Trinajstić information content (AvgIpc) is 3.52. The summed E-state index contributed by atoms with van der Waals surface area (Å²) in [7, 11) is 0. The van der Waals surface area contributed by atoms with Crippen LogP contribution in [0.2, 0.25) is 5.02 Å². The zero-order valence-corrected chi connectivity index (χ0v) is 23.5. The number of halogens is 1. The normalized spacial score (nSPS) is 11.7. The van der Waals surface area contributed by atoms with Gasteiger partial charge in [-0.25, -0.2) is 9.78 Å². The number of hydrogen-bond acceptors (Lipinski definition) is 7. The van der Waals surface area contributed by atoms with E-state index in [0.29, 0.717) is 0 Å². The number of carboxylic acids is 3. The number of H-pyrrole nitrogens is 1. The van der Waals surface area contributed by atoms with Gasteiger partial charge < -0.3 is 25.0 Å². The molecule has 0 saturated carbocycles. The molecule has 12 nitrogen and oxygen atoms in total. The molecule has 0 aliphatic rings. The molecule has 3 rings (SSSR count). The van der Waals surface area contributed by atoms with Gasteiger partial charge in [-0.2, -0.15) is 5.10 Å². The molecule has 0 unspecified atom stereocenters. The molecule has 2 aromatic heterocycles. The lowest BCUT2D eigenvalue weighted by Gasteiger charge is -2.25. The Morgan fingerprint density at radius 3 is 2.17 bits per heavy atom. The van der Waals surface area contributed by atoms with Crippen molar-refractivity contribution in [2.45, 2.75) is 70.7 Å². The highest BCUT2D eigenvalue weighted by Crippen LogP contribution is 2.26. The molecule has 218 valence electrons. The summed E-state index contributed by atoms with van der Waals surface area (Å²) in [5, 5.41) is 42.1. The first-order valence-electron chi connectivity index (χ1n) is 12.5. The number of carbonyl (C=O) groups is 3. The van der Waals surface area contributed by atoms with E-state index >= 15 is 0 Å². The topological polar surface area (TPSA) is 182 Å². The monoisotopic (exact) mass is 577 g/mol. The number of imidazole rings is 1. The van der Waals surface area contributed by atoms with Crippen molar-refractivity contribution < 1.29 is 34.8 Å². The highest BCUT2D eigenvalue weighted by atomic mass is 35.5. The smallest absolute Gasteiger partial charge is 0.336 e. The van der Waals surface area contributed by atoms with Gasteiger partial charge in [0.1, 0.15) is 0 Å². The summed E-state index contributed by atoms with van der Waals surface area (Å²) < 4.78 is 2.12. The molecule has 0 fully saturated rings. The first-order valence-corrected chi connectivity index (χ1v) is 12.9. The summed E-state index contributed by atoms with van der Waals surface area (Å²) in [4.78, 5) is 37.0. The predicted octanol–water partition coefficient (Wildman–Crippen LogP) is 3.40. The van der Waals surface area contributed by atoms with Gasteiger partial charge in [-0.15, -0.1) is 0 Å². The number of aliphatic hydroxyl groups is 1. The number of nitrogens with zero attached hydrogens (tertiary/aromatic N) is 4. The molecular weight excluding hydrogens is 542 g/mol. The van der Waals surface area contributed by atoms with Crippen LogP contribution < -0.4 is 0 Å². The highest BCUT2D eigenvalue weighted by Gasteiger charge is 2.40. The lowest BCUT2D eigenvalue weighted by atomic mass is 9.89. The SMILES string of the molecule is CC(C)(C)c1[nH]ncc1CN(CCCn1ccnc1)Cc1ccccc1Cl.O=C(O)CC(O)(CC(=O)O)C(=O)O. The Hall–Kier alpha value is -3.74. The van der Waals surface area contributed by atoms with Crippen molar-refractivity contribution in [1.29, 1.82) is 0 Å². The van der Waals surface area contributed by atoms with Crippen molar-refractivity contribution >= 4 is 29.5 Å². The van der Waals surface area contributed by atoms with Gasteiger partial charge in [-0.1, -0.05) is 50.6 Å². The van der Waals surface area contributed by atoms with Crippen LogP contribution in [0.1, 0.15) is 56.9 Å². The molecule has 2 heterocycles. The van der Waals surface area contributed by atoms with E-state index < -0.39 is 36.4 Å². The van der Waals surface area contributed by atoms with E-state index in [4.69, 9.17) is 32.0 Å². The van der Waals surface area contributed by atoms with Crippen LogP contribution in [0.3, 0.4) is 0 Å². The van der Waals surface area contributed by atoms with E-state index in [9.17, 15) is 14.4 Å². The molecule has 0 atom stereocenters. The molecule has 0 saturated heterocycles. The van der Waals surface area contributed by atoms with Gasteiger partial charge >= 0.3 is 17.9 Å². The van der Waals surface area contributed by atoms with Gasteiger partial charge in [-0.3, -0.25) is 19.6 Å². The van der Waals surface area contributed by atoms with E-state index in [0.717, 1.165) is 43.2 Å². The van der Waals surface area contributed by atoms with Crippen LogP contribution in [0.25, 0.3) is 0 Å². The number of carboxylic acid groups (broad SMARTS) is 3. The third kappa shape index (κ3) is 10.4. The van der Waals surface area contributed by atoms with Gasteiger partial charge in [0.2, 0.25) is 0 Å². The number of hydrogen-bond donors (Lipinski definition) is 5. The molecule has 3 aromatic rings. The summed E-state index contributed by atoms with van der Waals surface area (Å²) >= 11 is 6.41. The fraction of sp³-hybridized carbons (Fsp3) is 0.444. The second-order valence-electron chi connectivity index (χ2n) is 10.5. The molecule has 1 aromatic carbocycles. The molecule has 0 bridgehead atoms. The Bertz CT molecular complexity index is 1240. The molecule has 0 spiro atoms. The second kappa shape index (κ2) is 14.6. The Morgan fingerprint density at radius 1 is 1.02 bits per heavy atom. The number of aliphatic carboxylic acids is 3. The molecule has 13 heteroatoms. The van der Waals surface area contributed by atoms with Crippen LogP contribution in [0.15, 0.2) is 49.2 Å². The molecule has 0 radical (unpaired) electrons. The number of aryl methyl sites for hydroxylation is 1. The minimum absolute atomic E-state index is 0.0404. The Morgan fingerprint density at radius 2 is 1.65 bits per heavy atom. The summed E-state index contributed by atoms with van der Waals surface area (Å²) in [6.45, 7) is 10.2. The lowest BCUT2D eigenvalue weighted by molar-refractivity contribution is -0.170. The third-order valence-corrected chi connectivity index (χ3v) is 6.32. The molecule has 40 heavy (non-hydrogen) atoms. The third-order valence-electron chi connectivity index (χ3n) is 5.95. The van der Waals surface area contributed by atoms with Crippen molar-refractivity contribution in [3.63, 3.8) is 0 Å². The minimum atomic E-state index is -2.74. The number of benzene rings is 1. The van der Waals surface area contributed by atoms with Gasteiger partial charge in [0, 0.05) is 60.3 Å². The summed E-state index contributed by atoms with van der Waals surface area (Å²) in [5.41, 5.74) is 0.900. The van der Waals surface area contributed by atoms with Crippen molar-refractivity contribution in [3.8, 4) is 0 Å². The van der Waals surface area contributed by atoms with Crippen molar-refractivity contribution in [2.75, 3.05) is 6.54 Å². The predicted molar refractivity (Wildman–Crippen MR) is 147 cm³/mol. The highest BCUT2D eigenvalue weighted by molar-refractivity contribution is 6.31. The van der Waals surface area contributed by atoms with Crippen LogP contribution in [0.5, 0.6) is 0 Å². The second-order valence-corrected chi connectivity index (χ2v) is 10.9. The molecular formula is C27H36ClN5O7. The van der Waals surface area contributed by atoms with Gasteiger partial charge in [-0.05, 0) is 18.1 Å². The van der Waals surface area contributed by atoms with Crippen LogP contribution in [0.4, 0.5) is 0 Å². The van der Waals surface area contributed by atoms with Gasteiger partial charge in [0.15, 0.2) is 5.60 Å². The van der Waals surface area contributed by atoms with Crippen LogP contribution in [0, 0.1) is 0 Å². The van der Waals surface area contributed by atoms with E-state index in [1.165, 1.54) is 11.3 Å². The van der Waals surface area contributed by atoms with Crippen molar-refractivity contribution in [2.24, 2.45) is 0 Å². The standard InChI is InChI=1S/C21H28ClN5.C6H8O7/c1-21(2,3)20-18(13-24-25-20)15-27(11-6-10-26-12-9-23-16-26)14-17-7-4-5-8-19(17)22;7-3(8)1-6(13,5(11)12)2-4(9)10/h4-5,7-9,12-13,16H,6,10-11,14-15H2,1-3H3,(H,24,25);13H,1-2H2,(H,7,8)(H,9,10)(H,11,12). The first-order chi connectivity index (χ1) is 18.7. The number of rotatable bonds is 13. The van der Waals surface area contributed by atoms with Crippen LogP contribution >= 0.6 is 11.6 Å². The summed E-state index contributed by atoms with van der Waals surface area (Å²) in [6.07, 6.45) is 6.41. The van der Waals surface area contributed by atoms with Gasteiger partial charge in [0.05, 0.1) is 25.4 Å². The van der Waals surface area contributed by atoms with Crippen molar-refractivity contribution in [1.82, 2.24) is 24.6 Å². The maximum atomic E-state index is 10.3. The molecule has 5 N–H and O–H groups in total. The van der Waals surface area contributed by atoms with Crippen molar-refractivity contribution in [3.05, 3.63) is 71.0 Å². The number of aromatic amines is 1. The Labute approximate surface area is 237 Å². The molecule has 0 amide bonds. The zero-order valence-electron chi connectivity index (χ0n) is 22.7. The maximum Gasteiger partial charge on any atom is 0.336 e. The summed E-state index contributed by atoms with van der Waals surface area (Å²) in [6, 6.07) is 8.08. The molecule has 0 aliphatic carbocycles. The Kier molecular flexibility index (Phi) is 11.8. The zero-order chi connectivity index (χ0) is 29.9. The largest absolute Gasteiger partial charge is 0.481 e. The average molecular weight is 578 g/mol. The van der Waals surface area contributed by atoms with E-state index in [1.54, 1.807) is 0 Å². The number of nitrogens with one attached hydrogen (secondary N) is 1. The van der Waals surface area contributed by atoms with Gasteiger partial charge in [0.25, 0.3) is 0 Å². The lowest BCUT2D eigenvalue weighted by Crippen LogP contribution is -2.42. The number of aromatic nitrogens is 4. The fourth-order valence-corrected chi connectivity index (χ4v) is 4.21. The van der Waals surface area contributed by atoms with E-state index in [2.05, 4.69) is 51.5 Å². The summed E-state index contributed by atoms with van der Waals surface area (Å²) in [5.74, 6) is -5.02. The quantitative estimate of drug-likeness (QED) is 0.202. The minimum Gasteiger partial charge on any atom is -0.481 e. The first kappa shape index (κ1) is 32.5.